The maximum Gasteiger partial charge on any atom is 0.119 e. The van der Waals surface area contributed by atoms with Crippen molar-refractivity contribution in [3.05, 3.63) is 47.2 Å². The van der Waals surface area contributed by atoms with Crippen molar-refractivity contribution in [1.29, 1.82) is 5.26 Å². The van der Waals surface area contributed by atoms with E-state index in [9.17, 15) is 10.4 Å². The van der Waals surface area contributed by atoms with E-state index >= 15 is 0 Å². The number of phenols is 1. The summed E-state index contributed by atoms with van der Waals surface area (Å²) in [7, 11) is 0. The highest BCUT2D eigenvalue weighted by atomic mass is 32.2. The number of fused-ring (bicyclic) bond motifs is 1. The summed E-state index contributed by atoms with van der Waals surface area (Å²) in [6.45, 7) is 0. The second-order valence-corrected chi connectivity index (χ2v) is 5.93. The van der Waals surface area contributed by atoms with Gasteiger partial charge in [0.2, 0.25) is 0 Å². The standard InChI is InChI=1S/C16H14N2OS/c17-10-12-8-11-4-1-2-7-15(11)18-16(12)20-14-6-3-5-13(19)9-14/h3,5-6,8-9,19H,1-2,4,7H2. The molecule has 3 nitrogen and oxygen atoms in total. The quantitative estimate of drug-likeness (QED) is 0.912. The van der Waals surface area contributed by atoms with Crippen molar-refractivity contribution in [2.24, 2.45) is 0 Å². The lowest BCUT2D eigenvalue weighted by Gasteiger charge is -2.16. The van der Waals surface area contributed by atoms with Gasteiger partial charge in [0.05, 0.1) is 5.56 Å². The summed E-state index contributed by atoms with van der Waals surface area (Å²) in [5.74, 6) is 0.228. The molecule has 1 heterocycles. The molecule has 0 unspecified atom stereocenters. The summed E-state index contributed by atoms with van der Waals surface area (Å²) in [4.78, 5) is 5.56. The minimum atomic E-state index is 0.228. The Bertz CT molecular complexity index is 691. The van der Waals surface area contributed by atoms with Crippen molar-refractivity contribution in [1.82, 2.24) is 4.98 Å². The van der Waals surface area contributed by atoms with Crippen molar-refractivity contribution >= 4 is 11.8 Å². The Kier molecular flexibility index (Phi) is 3.62. The summed E-state index contributed by atoms with van der Waals surface area (Å²) < 4.78 is 0. The topological polar surface area (TPSA) is 56.9 Å². The zero-order valence-electron chi connectivity index (χ0n) is 11.0. The van der Waals surface area contributed by atoms with Crippen LogP contribution in [0.4, 0.5) is 0 Å². The Morgan fingerprint density at radius 2 is 2.05 bits per heavy atom. The molecule has 0 bridgehead atoms. The third kappa shape index (κ3) is 2.63. The first-order valence-electron chi connectivity index (χ1n) is 6.66. The molecule has 4 heteroatoms. The molecular formula is C16H14N2OS. The van der Waals surface area contributed by atoms with Crippen LogP contribution in [-0.4, -0.2) is 10.1 Å². The molecule has 0 spiro atoms. The zero-order chi connectivity index (χ0) is 13.9. The molecule has 0 amide bonds. The first kappa shape index (κ1) is 13.0. The third-order valence-corrected chi connectivity index (χ3v) is 4.41. The Morgan fingerprint density at radius 3 is 2.85 bits per heavy atom. The van der Waals surface area contributed by atoms with Crippen LogP contribution < -0.4 is 0 Å². The minimum Gasteiger partial charge on any atom is -0.508 e. The van der Waals surface area contributed by atoms with Crippen LogP contribution >= 0.6 is 11.8 Å². The predicted octanol–water partition coefficient (Wildman–Crippen LogP) is 3.69. The van der Waals surface area contributed by atoms with Crippen LogP contribution in [-0.2, 0) is 12.8 Å². The molecule has 1 aromatic heterocycles. The number of aromatic nitrogens is 1. The van der Waals surface area contributed by atoms with E-state index < -0.39 is 0 Å². The fourth-order valence-corrected chi connectivity index (χ4v) is 3.35. The number of nitriles is 1. The van der Waals surface area contributed by atoms with Crippen LogP contribution in [0.1, 0.15) is 29.7 Å². The van der Waals surface area contributed by atoms with Crippen molar-refractivity contribution in [3.63, 3.8) is 0 Å². The van der Waals surface area contributed by atoms with Crippen molar-refractivity contribution in [2.75, 3.05) is 0 Å². The van der Waals surface area contributed by atoms with Gasteiger partial charge in [0.1, 0.15) is 16.8 Å². The zero-order valence-corrected chi connectivity index (χ0v) is 11.8. The first-order chi connectivity index (χ1) is 9.76. The molecule has 1 N–H and O–H groups in total. The number of aromatic hydroxyl groups is 1. The fourth-order valence-electron chi connectivity index (χ4n) is 2.43. The van der Waals surface area contributed by atoms with E-state index in [0.29, 0.717) is 5.56 Å². The van der Waals surface area contributed by atoms with Crippen LogP contribution in [0.25, 0.3) is 0 Å². The number of benzene rings is 1. The number of hydrogen-bond acceptors (Lipinski definition) is 4. The average molecular weight is 282 g/mol. The number of rotatable bonds is 2. The van der Waals surface area contributed by atoms with Crippen LogP contribution in [0.5, 0.6) is 5.75 Å². The number of aryl methyl sites for hydroxylation is 2. The smallest absolute Gasteiger partial charge is 0.119 e. The molecule has 0 radical (unpaired) electrons. The van der Waals surface area contributed by atoms with E-state index in [2.05, 4.69) is 11.1 Å². The normalized spacial score (nSPS) is 13.6. The molecule has 0 atom stereocenters. The Morgan fingerprint density at radius 1 is 1.20 bits per heavy atom. The van der Waals surface area contributed by atoms with Gasteiger partial charge in [0.15, 0.2) is 0 Å². The molecule has 1 aliphatic rings. The molecule has 100 valence electrons. The van der Waals surface area contributed by atoms with Crippen LogP contribution in [0.15, 0.2) is 40.3 Å². The summed E-state index contributed by atoms with van der Waals surface area (Å²) in [5, 5.41) is 19.5. The lowest BCUT2D eigenvalue weighted by Crippen LogP contribution is -2.07. The highest BCUT2D eigenvalue weighted by Gasteiger charge is 2.15. The highest BCUT2D eigenvalue weighted by Crippen LogP contribution is 2.33. The summed E-state index contributed by atoms with van der Waals surface area (Å²) in [6, 6.07) is 11.2. The average Bonchev–Trinajstić information content (AvgIpc) is 2.46. The molecule has 1 aromatic carbocycles. The van der Waals surface area contributed by atoms with Crippen LogP contribution in [0.3, 0.4) is 0 Å². The van der Waals surface area contributed by atoms with Gasteiger partial charge in [-0.25, -0.2) is 4.98 Å². The van der Waals surface area contributed by atoms with Crippen molar-refractivity contribution in [2.45, 2.75) is 35.6 Å². The van der Waals surface area contributed by atoms with E-state index in [1.54, 1.807) is 18.2 Å². The molecule has 0 aliphatic heterocycles. The van der Waals surface area contributed by atoms with Gasteiger partial charge in [-0.1, -0.05) is 17.8 Å². The minimum absolute atomic E-state index is 0.228. The number of pyridine rings is 1. The Labute approximate surface area is 122 Å². The molecule has 2 aromatic rings. The molecule has 1 aliphatic carbocycles. The molecule has 0 saturated heterocycles. The Balaban J connectivity index is 1.98. The van der Waals surface area contributed by atoms with Gasteiger partial charge in [0.25, 0.3) is 0 Å². The number of nitrogens with zero attached hydrogens (tertiary/aromatic N) is 2. The molecule has 0 fully saturated rings. The first-order valence-corrected chi connectivity index (χ1v) is 7.47. The van der Waals surface area contributed by atoms with Gasteiger partial charge in [0, 0.05) is 10.6 Å². The molecule has 3 rings (SSSR count). The number of phenolic OH excluding ortho intramolecular Hbond substituents is 1. The van der Waals surface area contributed by atoms with E-state index in [1.807, 2.05) is 12.1 Å². The summed E-state index contributed by atoms with van der Waals surface area (Å²) >= 11 is 1.43. The fraction of sp³-hybridized carbons (Fsp3) is 0.250. The lowest BCUT2D eigenvalue weighted by atomic mass is 9.95. The van der Waals surface area contributed by atoms with Gasteiger partial charge in [-0.15, -0.1) is 0 Å². The second-order valence-electron chi connectivity index (χ2n) is 4.87. The molecule has 0 saturated carbocycles. The maximum atomic E-state index is 9.51. The lowest BCUT2D eigenvalue weighted by molar-refractivity contribution is 0.474. The van der Waals surface area contributed by atoms with E-state index in [1.165, 1.54) is 30.2 Å². The second kappa shape index (κ2) is 5.56. The van der Waals surface area contributed by atoms with E-state index in [0.717, 1.165) is 28.5 Å². The van der Waals surface area contributed by atoms with Gasteiger partial charge in [-0.05, 0) is 55.5 Å². The van der Waals surface area contributed by atoms with Crippen LogP contribution in [0, 0.1) is 11.3 Å². The Hall–Kier alpha value is -1.99. The van der Waals surface area contributed by atoms with Gasteiger partial charge in [-0.3, -0.25) is 0 Å². The summed E-state index contributed by atoms with van der Waals surface area (Å²) in [6.07, 6.45) is 4.36. The SMILES string of the molecule is N#Cc1cc2c(nc1Sc1cccc(O)c1)CCCC2. The van der Waals surface area contributed by atoms with Crippen molar-refractivity contribution < 1.29 is 5.11 Å². The predicted molar refractivity (Wildman–Crippen MR) is 77.8 cm³/mol. The molecule has 20 heavy (non-hydrogen) atoms. The van der Waals surface area contributed by atoms with E-state index in [4.69, 9.17) is 0 Å². The van der Waals surface area contributed by atoms with Crippen LogP contribution in [0.2, 0.25) is 0 Å². The third-order valence-electron chi connectivity index (χ3n) is 3.42. The molecular weight excluding hydrogens is 268 g/mol. The van der Waals surface area contributed by atoms with Gasteiger partial charge < -0.3 is 5.11 Å². The van der Waals surface area contributed by atoms with E-state index in [-0.39, 0.29) is 5.75 Å². The van der Waals surface area contributed by atoms with Crippen molar-refractivity contribution in [3.8, 4) is 11.8 Å². The largest absolute Gasteiger partial charge is 0.508 e. The highest BCUT2D eigenvalue weighted by molar-refractivity contribution is 7.99. The monoisotopic (exact) mass is 282 g/mol. The van der Waals surface area contributed by atoms with Gasteiger partial charge in [-0.2, -0.15) is 5.26 Å². The maximum absolute atomic E-state index is 9.51. The van der Waals surface area contributed by atoms with Gasteiger partial charge >= 0.3 is 0 Å². The number of hydrogen-bond donors (Lipinski definition) is 1. The summed E-state index contributed by atoms with van der Waals surface area (Å²) in [5.41, 5.74) is 2.96.